The molecule has 2 heterocycles. The van der Waals surface area contributed by atoms with Crippen LogP contribution in [-0.4, -0.2) is 33.0 Å². The van der Waals surface area contributed by atoms with Crippen molar-refractivity contribution in [3.8, 4) is 0 Å². The summed E-state index contributed by atoms with van der Waals surface area (Å²) in [7, 11) is 1.85. The fourth-order valence-electron chi connectivity index (χ4n) is 2.37. The number of rotatable bonds is 6. The van der Waals surface area contributed by atoms with Gasteiger partial charge in [-0.3, -0.25) is 9.89 Å². The lowest BCUT2D eigenvalue weighted by Gasteiger charge is -2.15. The van der Waals surface area contributed by atoms with Crippen molar-refractivity contribution in [1.82, 2.24) is 20.1 Å². The molecule has 1 aliphatic rings. The van der Waals surface area contributed by atoms with Gasteiger partial charge in [0.25, 0.3) is 0 Å². The Bertz CT molecular complexity index is 629. The summed E-state index contributed by atoms with van der Waals surface area (Å²) in [4.78, 5) is 19.4. The summed E-state index contributed by atoms with van der Waals surface area (Å²) in [5.74, 6) is 0.802. The number of hydrogen-bond acceptors (Lipinski definition) is 4. The van der Waals surface area contributed by atoms with Crippen LogP contribution < -0.4 is 0 Å². The molecule has 112 valence electrons. The van der Waals surface area contributed by atoms with Crippen molar-refractivity contribution >= 4 is 17.2 Å². The van der Waals surface area contributed by atoms with Crippen LogP contribution in [0.15, 0.2) is 11.6 Å². The largest absolute Gasteiger partial charge is 0.340 e. The molecule has 0 radical (unpaired) electrons. The highest BCUT2D eigenvalue weighted by molar-refractivity contribution is 7.09. The van der Waals surface area contributed by atoms with E-state index in [1.54, 1.807) is 16.2 Å². The minimum absolute atomic E-state index is 0.158. The van der Waals surface area contributed by atoms with Crippen LogP contribution in [0.3, 0.4) is 0 Å². The molecule has 1 amide bonds. The molecule has 0 atom stereocenters. The van der Waals surface area contributed by atoms with E-state index in [0.29, 0.717) is 18.9 Å². The number of carbonyl (C=O) groups is 1. The van der Waals surface area contributed by atoms with Gasteiger partial charge < -0.3 is 4.90 Å². The summed E-state index contributed by atoms with van der Waals surface area (Å²) in [5, 5.41) is 7.36. The molecule has 0 spiro atoms. The molecule has 0 aromatic carbocycles. The number of aryl methyl sites for hydroxylation is 2. The van der Waals surface area contributed by atoms with E-state index in [2.05, 4.69) is 21.2 Å². The molecule has 1 aliphatic carbocycles. The molecule has 0 saturated heterocycles. The number of hydrogen-bond donors (Lipinski definition) is 1. The Kier molecular flexibility index (Phi) is 4.05. The first-order valence-electron chi connectivity index (χ1n) is 7.30. The fraction of sp³-hybridized carbons (Fsp3) is 0.533. The number of nitrogens with one attached hydrogen (secondary N) is 1. The molecule has 6 heteroatoms. The van der Waals surface area contributed by atoms with Gasteiger partial charge in [-0.1, -0.05) is 0 Å². The van der Waals surface area contributed by atoms with Gasteiger partial charge >= 0.3 is 0 Å². The van der Waals surface area contributed by atoms with Gasteiger partial charge in [-0.15, -0.1) is 11.3 Å². The summed E-state index contributed by atoms with van der Waals surface area (Å²) in [6.07, 6.45) is 3.79. The number of H-pyrrole nitrogens is 1. The zero-order valence-electron chi connectivity index (χ0n) is 12.4. The van der Waals surface area contributed by atoms with Crippen LogP contribution >= 0.6 is 11.3 Å². The lowest BCUT2D eigenvalue weighted by molar-refractivity contribution is -0.130. The molecule has 0 aliphatic heterocycles. The average molecular weight is 304 g/mol. The Morgan fingerprint density at radius 3 is 3.00 bits per heavy atom. The van der Waals surface area contributed by atoms with Crippen molar-refractivity contribution in [2.75, 3.05) is 7.05 Å². The second-order valence-electron chi connectivity index (χ2n) is 5.70. The SMILES string of the molecule is Cc1ncsc1CCC(=O)N(C)Cc1cc(C2CC2)n[nH]1. The van der Waals surface area contributed by atoms with Gasteiger partial charge in [0.2, 0.25) is 5.91 Å². The molecule has 1 saturated carbocycles. The predicted octanol–water partition coefficient (Wildman–Crippen LogP) is 2.64. The summed E-state index contributed by atoms with van der Waals surface area (Å²) >= 11 is 1.62. The quantitative estimate of drug-likeness (QED) is 0.892. The normalized spacial score (nSPS) is 14.4. The third-order valence-corrected chi connectivity index (χ3v) is 4.89. The minimum atomic E-state index is 0.158. The third-order valence-electron chi connectivity index (χ3n) is 3.89. The first-order valence-corrected chi connectivity index (χ1v) is 8.18. The predicted molar refractivity (Wildman–Crippen MR) is 82.2 cm³/mol. The van der Waals surface area contributed by atoms with Crippen molar-refractivity contribution in [3.63, 3.8) is 0 Å². The van der Waals surface area contributed by atoms with Gasteiger partial charge in [0, 0.05) is 24.3 Å². The number of aromatic amines is 1. The van der Waals surface area contributed by atoms with E-state index in [0.717, 1.165) is 23.5 Å². The molecule has 2 aromatic rings. The van der Waals surface area contributed by atoms with E-state index in [1.807, 2.05) is 19.5 Å². The van der Waals surface area contributed by atoms with Crippen molar-refractivity contribution in [2.24, 2.45) is 0 Å². The molecule has 1 fully saturated rings. The van der Waals surface area contributed by atoms with Crippen LogP contribution in [0.5, 0.6) is 0 Å². The Balaban J connectivity index is 1.50. The Morgan fingerprint density at radius 2 is 2.33 bits per heavy atom. The molecular formula is C15H20N4OS. The van der Waals surface area contributed by atoms with E-state index < -0.39 is 0 Å². The van der Waals surface area contributed by atoms with Gasteiger partial charge in [0.05, 0.1) is 29.1 Å². The lowest BCUT2D eigenvalue weighted by atomic mass is 10.2. The van der Waals surface area contributed by atoms with Crippen LogP contribution in [0.1, 0.15) is 47.1 Å². The number of aromatic nitrogens is 3. The maximum atomic E-state index is 12.2. The Labute approximate surface area is 128 Å². The second-order valence-corrected chi connectivity index (χ2v) is 6.64. The molecule has 5 nitrogen and oxygen atoms in total. The zero-order valence-corrected chi connectivity index (χ0v) is 13.2. The summed E-state index contributed by atoms with van der Waals surface area (Å²) in [6, 6.07) is 2.09. The fourth-order valence-corrected chi connectivity index (χ4v) is 3.15. The first-order chi connectivity index (χ1) is 10.1. The van der Waals surface area contributed by atoms with Gasteiger partial charge in [-0.25, -0.2) is 4.98 Å². The first kappa shape index (κ1) is 14.3. The van der Waals surface area contributed by atoms with Crippen LogP contribution in [0.25, 0.3) is 0 Å². The van der Waals surface area contributed by atoms with Crippen LogP contribution in [-0.2, 0) is 17.8 Å². The van der Waals surface area contributed by atoms with Gasteiger partial charge in [-0.05, 0) is 32.3 Å². The van der Waals surface area contributed by atoms with Gasteiger partial charge in [0.15, 0.2) is 0 Å². The summed E-state index contributed by atoms with van der Waals surface area (Å²) in [6.45, 7) is 2.59. The monoisotopic (exact) mass is 304 g/mol. The summed E-state index contributed by atoms with van der Waals surface area (Å²) in [5.41, 5.74) is 5.04. The molecule has 0 bridgehead atoms. The maximum absolute atomic E-state index is 12.2. The van der Waals surface area contributed by atoms with Crippen LogP contribution in [0.2, 0.25) is 0 Å². The van der Waals surface area contributed by atoms with Crippen LogP contribution in [0.4, 0.5) is 0 Å². The molecule has 1 N–H and O–H groups in total. The third kappa shape index (κ3) is 3.50. The van der Waals surface area contributed by atoms with Gasteiger partial charge in [-0.2, -0.15) is 5.10 Å². The number of nitrogens with zero attached hydrogens (tertiary/aromatic N) is 3. The highest BCUT2D eigenvalue weighted by Crippen LogP contribution is 2.39. The van der Waals surface area contributed by atoms with Crippen molar-refractivity contribution in [2.45, 2.75) is 45.1 Å². The smallest absolute Gasteiger partial charge is 0.223 e. The van der Waals surface area contributed by atoms with Crippen molar-refractivity contribution in [3.05, 3.63) is 33.5 Å². The average Bonchev–Trinajstić information content (AvgIpc) is 3.08. The Morgan fingerprint density at radius 1 is 1.52 bits per heavy atom. The molecule has 0 unspecified atom stereocenters. The van der Waals surface area contributed by atoms with E-state index in [9.17, 15) is 4.79 Å². The topological polar surface area (TPSA) is 61.9 Å². The molecular weight excluding hydrogens is 284 g/mol. The van der Waals surface area contributed by atoms with Gasteiger partial charge in [0.1, 0.15) is 0 Å². The Hall–Kier alpha value is -1.69. The van der Waals surface area contributed by atoms with E-state index in [1.165, 1.54) is 17.7 Å². The summed E-state index contributed by atoms with van der Waals surface area (Å²) < 4.78 is 0. The molecule has 21 heavy (non-hydrogen) atoms. The van der Waals surface area contributed by atoms with E-state index >= 15 is 0 Å². The van der Waals surface area contributed by atoms with E-state index in [4.69, 9.17) is 0 Å². The van der Waals surface area contributed by atoms with Crippen molar-refractivity contribution < 1.29 is 4.79 Å². The van der Waals surface area contributed by atoms with E-state index in [-0.39, 0.29) is 5.91 Å². The zero-order chi connectivity index (χ0) is 14.8. The number of amides is 1. The standard InChI is InChI=1S/C15H20N4OS/c1-10-14(21-9-16-10)5-6-15(20)19(2)8-12-7-13(18-17-12)11-3-4-11/h7,9,11H,3-6,8H2,1-2H3,(H,17,18). The number of thiazole rings is 1. The minimum Gasteiger partial charge on any atom is -0.340 e. The van der Waals surface area contributed by atoms with Crippen LogP contribution in [0, 0.1) is 6.92 Å². The number of carbonyl (C=O) groups excluding carboxylic acids is 1. The highest BCUT2D eigenvalue weighted by Gasteiger charge is 2.26. The molecule has 2 aromatic heterocycles. The molecule has 3 rings (SSSR count). The maximum Gasteiger partial charge on any atom is 0.223 e. The highest BCUT2D eigenvalue weighted by atomic mass is 32.1. The lowest BCUT2D eigenvalue weighted by Crippen LogP contribution is -2.26. The second kappa shape index (κ2) is 5.97. The van der Waals surface area contributed by atoms with Crippen molar-refractivity contribution in [1.29, 1.82) is 0 Å².